The lowest BCUT2D eigenvalue weighted by molar-refractivity contribution is 0.631. The first-order valence-electron chi connectivity index (χ1n) is 4.99. The lowest BCUT2D eigenvalue weighted by atomic mass is 9.95. The third-order valence-electron chi connectivity index (χ3n) is 2.91. The lowest BCUT2D eigenvalue weighted by Crippen LogP contribution is -2.14. The molecule has 1 aromatic rings. The van der Waals surface area contributed by atoms with Crippen molar-refractivity contribution in [2.45, 2.75) is 25.8 Å². The fourth-order valence-corrected chi connectivity index (χ4v) is 1.83. The van der Waals surface area contributed by atoms with Crippen molar-refractivity contribution in [2.24, 2.45) is 11.7 Å². The van der Waals surface area contributed by atoms with E-state index in [-0.39, 0.29) is 6.04 Å². The molecule has 1 aliphatic rings. The second-order valence-electron chi connectivity index (χ2n) is 4.01. The minimum Gasteiger partial charge on any atom is -0.324 e. The predicted molar refractivity (Wildman–Crippen MR) is 55.5 cm³/mol. The van der Waals surface area contributed by atoms with Gasteiger partial charge in [0, 0.05) is 6.04 Å². The molecule has 2 nitrogen and oxygen atoms in total. The largest absolute Gasteiger partial charge is 0.324 e. The Morgan fingerprint density at radius 2 is 2.21 bits per heavy atom. The molecule has 14 heavy (non-hydrogen) atoms. The minimum atomic E-state index is 0.0598. The van der Waals surface area contributed by atoms with Gasteiger partial charge in [-0.1, -0.05) is 18.2 Å². The number of rotatable bonds is 2. The number of benzene rings is 1. The van der Waals surface area contributed by atoms with Crippen molar-refractivity contribution in [3.63, 3.8) is 0 Å². The van der Waals surface area contributed by atoms with E-state index in [1.165, 1.54) is 12.8 Å². The predicted octanol–water partition coefficient (Wildman–Crippen LogP) is 2.28. The summed E-state index contributed by atoms with van der Waals surface area (Å²) in [6.45, 7) is 1.96. The Bertz CT molecular complexity index is 386. The van der Waals surface area contributed by atoms with Crippen LogP contribution in [0.25, 0.3) is 0 Å². The maximum Gasteiger partial charge on any atom is 0.0997 e. The highest BCUT2D eigenvalue weighted by Gasteiger charge is 2.30. The van der Waals surface area contributed by atoms with Gasteiger partial charge in [0.05, 0.1) is 11.6 Å². The summed E-state index contributed by atoms with van der Waals surface area (Å²) in [5.41, 5.74) is 8.92. The maximum atomic E-state index is 9.04. The number of nitriles is 1. The molecular formula is C12H14N2. The van der Waals surface area contributed by atoms with Crippen LogP contribution in [0.3, 0.4) is 0 Å². The van der Waals surface area contributed by atoms with Gasteiger partial charge >= 0.3 is 0 Å². The molecule has 1 aromatic carbocycles. The van der Waals surface area contributed by atoms with Crippen LogP contribution in [0.1, 0.15) is 35.6 Å². The highest BCUT2D eigenvalue weighted by atomic mass is 14.7. The molecule has 0 aromatic heterocycles. The molecule has 0 aliphatic heterocycles. The average molecular weight is 186 g/mol. The van der Waals surface area contributed by atoms with Crippen LogP contribution < -0.4 is 5.73 Å². The number of hydrogen-bond donors (Lipinski definition) is 1. The van der Waals surface area contributed by atoms with E-state index in [2.05, 4.69) is 6.07 Å². The highest BCUT2D eigenvalue weighted by Crippen LogP contribution is 2.40. The fourth-order valence-electron chi connectivity index (χ4n) is 1.83. The summed E-state index contributed by atoms with van der Waals surface area (Å²) in [5, 5.41) is 9.04. The van der Waals surface area contributed by atoms with E-state index >= 15 is 0 Å². The van der Waals surface area contributed by atoms with Crippen LogP contribution in [-0.4, -0.2) is 0 Å². The zero-order valence-corrected chi connectivity index (χ0v) is 8.33. The van der Waals surface area contributed by atoms with E-state index in [0.29, 0.717) is 5.92 Å². The topological polar surface area (TPSA) is 49.8 Å². The molecule has 1 fully saturated rings. The molecule has 1 saturated carbocycles. The number of nitrogens with two attached hydrogens (primary N) is 1. The third-order valence-corrected chi connectivity index (χ3v) is 2.91. The zero-order valence-electron chi connectivity index (χ0n) is 8.33. The van der Waals surface area contributed by atoms with Crippen LogP contribution in [0.15, 0.2) is 18.2 Å². The van der Waals surface area contributed by atoms with Gasteiger partial charge in [-0.15, -0.1) is 0 Å². The van der Waals surface area contributed by atoms with Crippen molar-refractivity contribution in [1.82, 2.24) is 0 Å². The van der Waals surface area contributed by atoms with Gasteiger partial charge in [-0.3, -0.25) is 0 Å². The summed E-state index contributed by atoms with van der Waals surface area (Å²) in [5.74, 6) is 0.601. The number of hydrogen-bond acceptors (Lipinski definition) is 2. The van der Waals surface area contributed by atoms with E-state index in [1.807, 2.05) is 25.1 Å². The summed E-state index contributed by atoms with van der Waals surface area (Å²) in [7, 11) is 0. The van der Waals surface area contributed by atoms with Crippen LogP contribution >= 0.6 is 0 Å². The Hall–Kier alpha value is -1.33. The fraction of sp³-hybridized carbons (Fsp3) is 0.417. The van der Waals surface area contributed by atoms with Gasteiger partial charge < -0.3 is 5.73 Å². The molecule has 1 unspecified atom stereocenters. The Kier molecular flexibility index (Phi) is 2.26. The van der Waals surface area contributed by atoms with E-state index in [0.717, 1.165) is 16.7 Å². The van der Waals surface area contributed by atoms with Gasteiger partial charge in [0.2, 0.25) is 0 Å². The smallest absolute Gasteiger partial charge is 0.0997 e. The molecule has 2 heteroatoms. The Morgan fingerprint density at radius 3 is 2.79 bits per heavy atom. The molecule has 0 saturated heterocycles. The standard InChI is InChI=1S/C12H14N2/c1-8-3-2-4-10(11(8)7-13)12(14)9-5-6-9/h2-4,9,12H,5-6,14H2,1H3. The molecule has 2 N–H and O–H groups in total. The molecule has 0 amide bonds. The van der Waals surface area contributed by atoms with Crippen molar-refractivity contribution in [3.05, 3.63) is 34.9 Å². The van der Waals surface area contributed by atoms with E-state index < -0.39 is 0 Å². The van der Waals surface area contributed by atoms with Crippen LogP contribution in [0.4, 0.5) is 0 Å². The van der Waals surface area contributed by atoms with Gasteiger partial charge in [0.15, 0.2) is 0 Å². The van der Waals surface area contributed by atoms with E-state index in [1.54, 1.807) is 0 Å². The van der Waals surface area contributed by atoms with Gasteiger partial charge in [0.25, 0.3) is 0 Å². The van der Waals surface area contributed by atoms with Crippen molar-refractivity contribution in [3.8, 4) is 6.07 Å². The van der Waals surface area contributed by atoms with Crippen molar-refractivity contribution < 1.29 is 0 Å². The van der Waals surface area contributed by atoms with Crippen LogP contribution in [0, 0.1) is 24.2 Å². The van der Waals surface area contributed by atoms with Gasteiger partial charge in [-0.2, -0.15) is 5.26 Å². The van der Waals surface area contributed by atoms with Crippen LogP contribution in [0.5, 0.6) is 0 Å². The normalized spacial score (nSPS) is 17.5. The van der Waals surface area contributed by atoms with Gasteiger partial charge in [-0.05, 0) is 36.8 Å². The molecule has 72 valence electrons. The van der Waals surface area contributed by atoms with E-state index in [4.69, 9.17) is 11.0 Å². The Balaban J connectivity index is 2.41. The Morgan fingerprint density at radius 1 is 1.50 bits per heavy atom. The Labute approximate surface area is 84.3 Å². The van der Waals surface area contributed by atoms with Gasteiger partial charge in [0.1, 0.15) is 0 Å². The first-order valence-corrected chi connectivity index (χ1v) is 4.99. The minimum absolute atomic E-state index is 0.0598. The van der Waals surface area contributed by atoms with Crippen molar-refractivity contribution in [2.75, 3.05) is 0 Å². The average Bonchev–Trinajstić information content (AvgIpc) is 2.99. The molecule has 1 aliphatic carbocycles. The maximum absolute atomic E-state index is 9.04. The molecule has 0 spiro atoms. The first-order chi connectivity index (χ1) is 6.74. The molecule has 0 heterocycles. The summed E-state index contributed by atoms with van der Waals surface area (Å²) < 4.78 is 0. The van der Waals surface area contributed by atoms with Crippen LogP contribution in [-0.2, 0) is 0 Å². The third kappa shape index (κ3) is 1.51. The molecule has 0 radical (unpaired) electrons. The summed E-state index contributed by atoms with van der Waals surface area (Å²) in [6.07, 6.45) is 2.42. The van der Waals surface area contributed by atoms with Crippen molar-refractivity contribution in [1.29, 1.82) is 5.26 Å². The molecule has 1 atom stereocenters. The second kappa shape index (κ2) is 3.43. The monoisotopic (exact) mass is 186 g/mol. The summed E-state index contributed by atoms with van der Waals surface area (Å²) in [4.78, 5) is 0. The second-order valence-corrected chi connectivity index (χ2v) is 4.01. The zero-order chi connectivity index (χ0) is 10.1. The SMILES string of the molecule is Cc1cccc(C(N)C2CC2)c1C#N. The quantitative estimate of drug-likeness (QED) is 0.770. The van der Waals surface area contributed by atoms with E-state index in [9.17, 15) is 0 Å². The highest BCUT2D eigenvalue weighted by molar-refractivity contribution is 5.45. The van der Waals surface area contributed by atoms with Crippen molar-refractivity contribution >= 4 is 0 Å². The number of nitrogens with zero attached hydrogens (tertiary/aromatic N) is 1. The summed E-state index contributed by atoms with van der Waals surface area (Å²) in [6, 6.07) is 8.23. The molecule has 2 rings (SSSR count). The molecular weight excluding hydrogens is 172 g/mol. The lowest BCUT2D eigenvalue weighted by Gasteiger charge is -2.13. The summed E-state index contributed by atoms with van der Waals surface area (Å²) >= 11 is 0. The molecule has 0 bridgehead atoms. The van der Waals surface area contributed by atoms with Gasteiger partial charge in [-0.25, -0.2) is 0 Å². The van der Waals surface area contributed by atoms with Crippen LogP contribution in [0.2, 0.25) is 0 Å². The number of aryl methyl sites for hydroxylation is 1. The first kappa shape index (κ1) is 9.23.